The van der Waals surface area contributed by atoms with E-state index in [0.29, 0.717) is 12.5 Å². The molecule has 1 aliphatic heterocycles. The van der Waals surface area contributed by atoms with Crippen LogP contribution in [0, 0.1) is 5.41 Å². The fraction of sp³-hybridized carbons (Fsp3) is 0.542. The number of hydrogen-bond donors (Lipinski definition) is 1. The zero-order valence-electron chi connectivity index (χ0n) is 19.3. The van der Waals surface area contributed by atoms with Crippen LogP contribution in [0.5, 0.6) is 5.88 Å². The highest BCUT2D eigenvalue weighted by molar-refractivity contribution is 5.86. The van der Waals surface area contributed by atoms with Gasteiger partial charge < -0.3 is 14.8 Å². The van der Waals surface area contributed by atoms with E-state index in [1.165, 1.54) is 0 Å². The Morgan fingerprint density at radius 1 is 1.19 bits per heavy atom. The molecule has 0 amide bonds. The highest BCUT2D eigenvalue weighted by atomic mass is 16.5. The summed E-state index contributed by atoms with van der Waals surface area (Å²) in [7, 11) is 0. The van der Waals surface area contributed by atoms with Gasteiger partial charge in [0, 0.05) is 31.0 Å². The molecule has 3 aromatic rings. The first-order chi connectivity index (χ1) is 14.6. The number of fused-ring (bicyclic) bond motifs is 1. The number of nitrogens with zero attached hydrogens (tertiary/aromatic N) is 4. The molecule has 1 N–H and O–H groups in total. The number of hydrogen-bond acceptors (Lipinski definition) is 6. The fourth-order valence-corrected chi connectivity index (χ4v) is 3.61. The third-order valence-electron chi connectivity index (χ3n) is 5.56. The van der Waals surface area contributed by atoms with E-state index in [1.54, 1.807) is 6.20 Å². The second kappa shape index (κ2) is 8.20. The SMILES string of the molecule is CC(C)(C)[C@@H]1CNC[C@@H](COc2nc(-c3cnn(C(C)(C)C)c3)cc3ncccc23)O1. The van der Waals surface area contributed by atoms with Gasteiger partial charge in [-0.3, -0.25) is 9.67 Å². The first kappa shape index (κ1) is 21.7. The number of ether oxygens (including phenoxy) is 2. The normalized spacial score (nSPS) is 20.2. The summed E-state index contributed by atoms with van der Waals surface area (Å²) in [6, 6.07) is 5.88. The van der Waals surface area contributed by atoms with Gasteiger partial charge in [0.1, 0.15) is 12.7 Å². The van der Waals surface area contributed by atoms with E-state index in [1.807, 2.05) is 35.3 Å². The molecule has 7 nitrogen and oxygen atoms in total. The van der Waals surface area contributed by atoms with E-state index < -0.39 is 0 Å². The Morgan fingerprint density at radius 2 is 2.00 bits per heavy atom. The lowest BCUT2D eigenvalue weighted by atomic mass is 9.88. The zero-order chi connectivity index (χ0) is 22.2. The summed E-state index contributed by atoms with van der Waals surface area (Å²) >= 11 is 0. The van der Waals surface area contributed by atoms with Crippen LogP contribution in [-0.2, 0) is 10.3 Å². The molecule has 0 saturated carbocycles. The van der Waals surface area contributed by atoms with Gasteiger partial charge in [0.05, 0.1) is 34.4 Å². The first-order valence-electron chi connectivity index (χ1n) is 10.9. The van der Waals surface area contributed by atoms with E-state index in [9.17, 15) is 0 Å². The predicted molar refractivity (Wildman–Crippen MR) is 122 cm³/mol. The van der Waals surface area contributed by atoms with E-state index in [4.69, 9.17) is 14.5 Å². The minimum atomic E-state index is -0.0956. The Bertz CT molecular complexity index is 1050. The van der Waals surface area contributed by atoms with Gasteiger partial charge >= 0.3 is 0 Å². The molecule has 0 radical (unpaired) electrons. The molecule has 0 bridgehead atoms. The second-order valence-corrected chi connectivity index (χ2v) is 10.3. The Labute approximate surface area is 184 Å². The molecule has 1 fully saturated rings. The van der Waals surface area contributed by atoms with Crippen molar-refractivity contribution in [3.8, 4) is 17.1 Å². The van der Waals surface area contributed by atoms with Gasteiger partial charge in [0.25, 0.3) is 0 Å². The lowest BCUT2D eigenvalue weighted by molar-refractivity contribution is -0.0992. The topological polar surface area (TPSA) is 74.1 Å². The highest BCUT2D eigenvalue weighted by Gasteiger charge is 2.31. The van der Waals surface area contributed by atoms with Crippen molar-refractivity contribution >= 4 is 10.9 Å². The molecular formula is C24H33N5O2. The summed E-state index contributed by atoms with van der Waals surface area (Å²) in [5.74, 6) is 0.575. The summed E-state index contributed by atoms with van der Waals surface area (Å²) in [6.07, 6.45) is 5.77. The molecule has 7 heteroatoms. The zero-order valence-corrected chi connectivity index (χ0v) is 19.3. The molecule has 1 aliphatic rings. The van der Waals surface area contributed by atoms with Crippen molar-refractivity contribution in [3.05, 3.63) is 36.8 Å². The molecule has 1 saturated heterocycles. The van der Waals surface area contributed by atoms with Gasteiger partial charge in [-0.15, -0.1) is 0 Å². The predicted octanol–water partition coefficient (Wildman–Crippen LogP) is 4.03. The number of nitrogens with one attached hydrogen (secondary N) is 1. The van der Waals surface area contributed by atoms with E-state index in [0.717, 1.165) is 35.2 Å². The van der Waals surface area contributed by atoms with E-state index in [2.05, 4.69) is 56.9 Å². The van der Waals surface area contributed by atoms with Crippen molar-refractivity contribution in [3.63, 3.8) is 0 Å². The fourth-order valence-electron chi connectivity index (χ4n) is 3.61. The molecule has 166 valence electrons. The summed E-state index contributed by atoms with van der Waals surface area (Å²) in [6.45, 7) is 15.0. The van der Waals surface area contributed by atoms with Crippen LogP contribution in [0.3, 0.4) is 0 Å². The van der Waals surface area contributed by atoms with Crippen LogP contribution in [0.15, 0.2) is 36.8 Å². The maximum atomic E-state index is 6.30. The van der Waals surface area contributed by atoms with Crippen LogP contribution in [0.25, 0.3) is 22.2 Å². The van der Waals surface area contributed by atoms with Crippen molar-refractivity contribution in [2.24, 2.45) is 5.41 Å². The van der Waals surface area contributed by atoms with Crippen LogP contribution in [0.1, 0.15) is 41.5 Å². The Hall–Kier alpha value is -2.51. The van der Waals surface area contributed by atoms with E-state index >= 15 is 0 Å². The van der Waals surface area contributed by atoms with Crippen LogP contribution in [0.2, 0.25) is 0 Å². The smallest absolute Gasteiger partial charge is 0.223 e. The maximum absolute atomic E-state index is 6.30. The quantitative estimate of drug-likeness (QED) is 0.683. The minimum Gasteiger partial charge on any atom is -0.474 e. The number of pyridine rings is 2. The Kier molecular flexibility index (Phi) is 5.75. The summed E-state index contributed by atoms with van der Waals surface area (Å²) < 4.78 is 14.5. The lowest BCUT2D eigenvalue weighted by Crippen LogP contribution is -2.51. The van der Waals surface area contributed by atoms with Gasteiger partial charge in [-0.2, -0.15) is 5.10 Å². The van der Waals surface area contributed by atoms with Crippen molar-refractivity contribution in [2.75, 3.05) is 19.7 Å². The number of morpholine rings is 1. The van der Waals surface area contributed by atoms with Crippen molar-refractivity contribution in [1.29, 1.82) is 0 Å². The molecule has 0 aliphatic carbocycles. The van der Waals surface area contributed by atoms with Crippen molar-refractivity contribution in [2.45, 2.75) is 59.3 Å². The monoisotopic (exact) mass is 423 g/mol. The number of aromatic nitrogens is 4. The summed E-state index contributed by atoms with van der Waals surface area (Å²) in [4.78, 5) is 9.36. The van der Waals surface area contributed by atoms with Crippen LogP contribution in [0.4, 0.5) is 0 Å². The molecule has 4 heterocycles. The molecule has 3 aromatic heterocycles. The Balaban J connectivity index is 1.59. The number of rotatable bonds is 4. The molecule has 2 atom stereocenters. The Morgan fingerprint density at radius 3 is 2.71 bits per heavy atom. The molecule has 31 heavy (non-hydrogen) atoms. The highest BCUT2D eigenvalue weighted by Crippen LogP contribution is 2.30. The first-order valence-corrected chi connectivity index (χ1v) is 10.9. The third-order valence-corrected chi connectivity index (χ3v) is 5.56. The second-order valence-electron chi connectivity index (χ2n) is 10.3. The molecular weight excluding hydrogens is 390 g/mol. The summed E-state index contributed by atoms with van der Waals surface area (Å²) in [5, 5.41) is 8.88. The lowest BCUT2D eigenvalue weighted by Gasteiger charge is -2.38. The van der Waals surface area contributed by atoms with Crippen LogP contribution in [-0.4, -0.2) is 51.7 Å². The van der Waals surface area contributed by atoms with Gasteiger partial charge in [-0.1, -0.05) is 20.8 Å². The van der Waals surface area contributed by atoms with E-state index in [-0.39, 0.29) is 23.2 Å². The van der Waals surface area contributed by atoms with Gasteiger partial charge in [0.15, 0.2) is 0 Å². The molecule has 4 rings (SSSR count). The van der Waals surface area contributed by atoms with Gasteiger partial charge in [-0.05, 0) is 44.4 Å². The van der Waals surface area contributed by atoms with Gasteiger partial charge in [-0.25, -0.2) is 4.98 Å². The average molecular weight is 424 g/mol. The molecule has 0 aromatic carbocycles. The van der Waals surface area contributed by atoms with Crippen molar-refractivity contribution in [1.82, 2.24) is 25.1 Å². The van der Waals surface area contributed by atoms with Gasteiger partial charge in [0.2, 0.25) is 5.88 Å². The third kappa shape index (κ3) is 4.88. The largest absolute Gasteiger partial charge is 0.474 e. The minimum absolute atomic E-state index is 0.0289. The maximum Gasteiger partial charge on any atom is 0.223 e. The molecule has 0 spiro atoms. The summed E-state index contributed by atoms with van der Waals surface area (Å²) in [5.41, 5.74) is 2.57. The van der Waals surface area contributed by atoms with Crippen LogP contribution < -0.4 is 10.1 Å². The molecule has 0 unspecified atom stereocenters. The van der Waals surface area contributed by atoms with Crippen LogP contribution >= 0.6 is 0 Å². The standard InChI is InChI=1S/C24H33N5O2/c1-23(2,3)21-13-25-12-17(31-21)15-30-22-18-8-7-9-26-20(18)10-19(28-22)16-11-27-29(14-16)24(4,5)6/h7-11,14,17,21,25H,12-13,15H2,1-6H3/t17-,21-/m0/s1. The average Bonchev–Trinajstić information content (AvgIpc) is 3.22. The van der Waals surface area contributed by atoms with Crippen molar-refractivity contribution < 1.29 is 9.47 Å².